The molecule has 2 aromatic carbocycles. The van der Waals surface area contributed by atoms with E-state index in [1.807, 2.05) is 59.5 Å². The summed E-state index contributed by atoms with van der Waals surface area (Å²) in [6, 6.07) is 17.5. The Morgan fingerprint density at radius 3 is 2.37 bits per heavy atom. The minimum Gasteiger partial charge on any atom is -0.392 e. The summed E-state index contributed by atoms with van der Waals surface area (Å²) in [7, 11) is 0. The predicted octanol–water partition coefficient (Wildman–Crippen LogP) is 3.16. The van der Waals surface area contributed by atoms with Crippen molar-refractivity contribution in [2.75, 3.05) is 13.1 Å². The van der Waals surface area contributed by atoms with E-state index < -0.39 is 0 Å². The van der Waals surface area contributed by atoms with Crippen LogP contribution in [0.2, 0.25) is 0 Å². The Morgan fingerprint density at radius 2 is 1.67 bits per heavy atom. The number of nitrogens with zero attached hydrogens (tertiary/aromatic N) is 1. The van der Waals surface area contributed by atoms with E-state index in [1.165, 1.54) is 5.56 Å². The molecular weight excluding hydrogens is 338 g/mol. The number of aliphatic hydroxyl groups is 1. The van der Waals surface area contributed by atoms with Crippen molar-refractivity contribution in [3.63, 3.8) is 0 Å². The zero-order valence-electron chi connectivity index (χ0n) is 15.6. The van der Waals surface area contributed by atoms with E-state index in [1.54, 1.807) is 0 Å². The lowest BCUT2D eigenvalue weighted by Gasteiger charge is -2.32. The lowest BCUT2D eigenvalue weighted by molar-refractivity contribution is -0.134. The molecule has 0 spiro atoms. The normalized spacial score (nSPS) is 16.9. The van der Waals surface area contributed by atoms with Crippen molar-refractivity contribution in [2.24, 2.45) is 5.92 Å². The molecule has 0 radical (unpaired) electrons. The topological polar surface area (TPSA) is 57.6 Å². The van der Waals surface area contributed by atoms with Crippen LogP contribution in [-0.4, -0.2) is 34.8 Å². The monoisotopic (exact) mass is 365 g/mol. The van der Waals surface area contributed by atoms with Gasteiger partial charge >= 0.3 is 0 Å². The molecule has 1 saturated heterocycles. The zero-order chi connectivity index (χ0) is 19.1. The van der Waals surface area contributed by atoms with Crippen LogP contribution in [0.15, 0.2) is 54.6 Å². The summed E-state index contributed by atoms with van der Waals surface area (Å²) in [5, 5.41) is 9.10. The van der Waals surface area contributed by atoms with Gasteiger partial charge in [0.1, 0.15) is 5.78 Å². The molecule has 4 heteroatoms. The minimum atomic E-state index is -0.0387. The van der Waals surface area contributed by atoms with E-state index in [9.17, 15) is 9.59 Å². The number of hydrogen-bond acceptors (Lipinski definition) is 3. The van der Waals surface area contributed by atoms with E-state index in [0.717, 1.165) is 36.9 Å². The third kappa shape index (κ3) is 5.51. The van der Waals surface area contributed by atoms with Gasteiger partial charge in [0.25, 0.3) is 0 Å². The molecule has 1 aliphatic heterocycles. The number of carbonyl (C=O) groups excluding carboxylic acids is 2. The maximum atomic E-state index is 12.6. The molecule has 0 bridgehead atoms. The second-order valence-corrected chi connectivity index (χ2v) is 7.28. The van der Waals surface area contributed by atoms with Gasteiger partial charge in [0.2, 0.25) is 5.91 Å². The molecule has 1 atom stereocenters. The quantitative estimate of drug-likeness (QED) is 0.820. The SMILES string of the molecule is O=C(CCc1ccccc1)[C@@H]1CCCN(C(=O)Cc2ccc(CO)cc2)C1. The molecule has 3 rings (SSSR count). The van der Waals surface area contributed by atoms with E-state index >= 15 is 0 Å². The lowest BCUT2D eigenvalue weighted by Crippen LogP contribution is -2.43. The highest BCUT2D eigenvalue weighted by atomic mass is 16.3. The number of ketones is 1. The molecule has 0 aromatic heterocycles. The van der Waals surface area contributed by atoms with Crippen LogP contribution in [0.5, 0.6) is 0 Å². The highest BCUT2D eigenvalue weighted by Gasteiger charge is 2.27. The van der Waals surface area contributed by atoms with Crippen LogP contribution in [-0.2, 0) is 29.0 Å². The van der Waals surface area contributed by atoms with Gasteiger partial charge in [-0.25, -0.2) is 0 Å². The summed E-state index contributed by atoms with van der Waals surface area (Å²) in [5.41, 5.74) is 2.96. The third-order valence-electron chi connectivity index (χ3n) is 5.29. The first kappa shape index (κ1) is 19.3. The number of aliphatic hydroxyl groups excluding tert-OH is 1. The number of likely N-dealkylation sites (tertiary alicyclic amines) is 1. The molecule has 27 heavy (non-hydrogen) atoms. The number of Topliss-reactive ketones (excluding diaryl/α,β-unsaturated/α-hetero) is 1. The predicted molar refractivity (Wildman–Crippen MR) is 105 cm³/mol. The first-order valence-corrected chi connectivity index (χ1v) is 9.69. The van der Waals surface area contributed by atoms with Gasteiger partial charge in [-0.1, -0.05) is 54.6 Å². The standard InChI is InChI=1S/C23H27NO3/c25-17-20-10-8-19(9-11-20)15-23(27)24-14-4-7-21(16-24)22(26)13-12-18-5-2-1-3-6-18/h1-3,5-6,8-11,21,25H,4,7,12-17H2/t21-/m1/s1. The molecule has 0 saturated carbocycles. The smallest absolute Gasteiger partial charge is 0.227 e. The van der Waals surface area contributed by atoms with Gasteiger partial charge in [0.15, 0.2) is 0 Å². The fourth-order valence-corrected chi connectivity index (χ4v) is 3.63. The number of hydrogen-bond donors (Lipinski definition) is 1. The van der Waals surface area contributed by atoms with Crippen LogP contribution in [0.3, 0.4) is 0 Å². The van der Waals surface area contributed by atoms with Crippen LogP contribution < -0.4 is 0 Å². The Kier molecular flexibility index (Phi) is 6.77. The first-order chi connectivity index (χ1) is 13.2. The molecule has 1 fully saturated rings. The van der Waals surface area contributed by atoms with Crippen LogP contribution in [0.25, 0.3) is 0 Å². The van der Waals surface area contributed by atoms with E-state index in [-0.39, 0.29) is 24.2 Å². The summed E-state index contributed by atoms with van der Waals surface area (Å²) < 4.78 is 0. The van der Waals surface area contributed by atoms with Crippen molar-refractivity contribution in [1.29, 1.82) is 0 Å². The Balaban J connectivity index is 1.51. The van der Waals surface area contributed by atoms with Crippen molar-refractivity contribution >= 4 is 11.7 Å². The lowest BCUT2D eigenvalue weighted by atomic mass is 9.90. The van der Waals surface area contributed by atoms with Crippen LogP contribution in [0.4, 0.5) is 0 Å². The summed E-state index contributed by atoms with van der Waals surface area (Å²) in [6.45, 7) is 1.28. The van der Waals surface area contributed by atoms with Crippen molar-refractivity contribution in [3.05, 3.63) is 71.3 Å². The Hall–Kier alpha value is -2.46. The summed E-state index contributed by atoms with van der Waals surface area (Å²) in [5.74, 6) is 0.305. The molecule has 1 aliphatic rings. The van der Waals surface area contributed by atoms with Crippen LogP contribution in [0.1, 0.15) is 36.0 Å². The van der Waals surface area contributed by atoms with Gasteiger partial charge in [-0.05, 0) is 36.0 Å². The van der Waals surface area contributed by atoms with E-state index in [4.69, 9.17) is 5.11 Å². The maximum absolute atomic E-state index is 12.6. The van der Waals surface area contributed by atoms with Gasteiger partial charge in [-0.15, -0.1) is 0 Å². The summed E-state index contributed by atoms with van der Waals surface area (Å²) in [6.07, 6.45) is 3.41. The number of aryl methyl sites for hydroxylation is 1. The molecule has 0 aliphatic carbocycles. The molecule has 1 heterocycles. The fraction of sp³-hybridized carbons (Fsp3) is 0.391. The zero-order valence-corrected chi connectivity index (χ0v) is 15.6. The van der Waals surface area contributed by atoms with Crippen LogP contribution >= 0.6 is 0 Å². The van der Waals surface area contributed by atoms with Gasteiger partial charge < -0.3 is 10.0 Å². The molecule has 142 valence electrons. The Bertz CT molecular complexity index is 755. The largest absolute Gasteiger partial charge is 0.392 e. The van der Waals surface area contributed by atoms with E-state index in [0.29, 0.717) is 19.4 Å². The summed E-state index contributed by atoms with van der Waals surface area (Å²) >= 11 is 0. The average molecular weight is 365 g/mol. The summed E-state index contributed by atoms with van der Waals surface area (Å²) in [4.78, 5) is 27.1. The minimum absolute atomic E-state index is 0.00707. The van der Waals surface area contributed by atoms with Gasteiger partial charge in [0, 0.05) is 25.4 Å². The fourth-order valence-electron chi connectivity index (χ4n) is 3.63. The van der Waals surface area contributed by atoms with Crippen LogP contribution in [0, 0.1) is 5.92 Å². The number of rotatable bonds is 7. The van der Waals surface area contributed by atoms with E-state index in [2.05, 4.69) is 0 Å². The maximum Gasteiger partial charge on any atom is 0.227 e. The Morgan fingerprint density at radius 1 is 0.963 bits per heavy atom. The third-order valence-corrected chi connectivity index (χ3v) is 5.29. The Labute approximate surface area is 160 Å². The number of benzene rings is 2. The molecule has 1 N–H and O–H groups in total. The molecule has 0 unspecified atom stereocenters. The van der Waals surface area contributed by atoms with Crippen molar-refractivity contribution in [2.45, 2.75) is 38.7 Å². The van der Waals surface area contributed by atoms with Crippen molar-refractivity contribution < 1.29 is 14.7 Å². The van der Waals surface area contributed by atoms with Crippen molar-refractivity contribution in [1.82, 2.24) is 4.90 Å². The number of amides is 1. The highest BCUT2D eigenvalue weighted by Crippen LogP contribution is 2.20. The number of carbonyl (C=O) groups is 2. The first-order valence-electron chi connectivity index (χ1n) is 9.69. The average Bonchev–Trinajstić information content (AvgIpc) is 2.73. The van der Waals surface area contributed by atoms with Crippen molar-refractivity contribution in [3.8, 4) is 0 Å². The molecule has 4 nitrogen and oxygen atoms in total. The van der Waals surface area contributed by atoms with Gasteiger partial charge in [-0.2, -0.15) is 0 Å². The second-order valence-electron chi connectivity index (χ2n) is 7.28. The molecule has 2 aromatic rings. The van der Waals surface area contributed by atoms with Gasteiger partial charge in [-0.3, -0.25) is 9.59 Å². The number of piperidine rings is 1. The molecule has 1 amide bonds. The van der Waals surface area contributed by atoms with Gasteiger partial charge in [0.05, 0.1) is 13.0 Å². The second kappa shape index (κ2) is 9.47. The highest BCUT2D eigenvalue weighted by molar-refractivity contribution is 5.83. The molecular formula is C23H27NO3.